The Balaban J connectivity index is 2.01. The molecule has 0 atom stereocenters. The molecule has 0 saturated heterocycles. The van der Waals surface area contributed by atoms with Gasteiger partial charge < -0.3 is 14.9 Å². The van der Waals surface area contributed by atoms with E-state index in [1.807, 2.05) is 30.3 Å². The van der Waals surface area contributed by atoms with Crippen molar-refractivity contribution in [3.63, 3.8) is 0 Å². The summed E-state index contributed by atoms with van der Waals surface area (Å²) in [6.45, 7) is 8.44. The molecule has 2 heterocycles. The van der Waals surface area contributed by atoms with Gasteiger partial charge in [-0.3, -0.25) is 0 Å². The normalized spacial score (nSPS) is 15.2. The summed E-state index contributed by atoms with van der Waals surface area (Å²) < 4.78 is 16.3. The van der Waals surface area contributed by atoms with Gasteiger partial charge in [0.15, 0.2) is 0 Å². The highest BCUT2D eigenvalue weighted by molar-refractivity contribution is 6.09. The number of nitrogens with one attached hydrogen (secondary N) is 1. The van der Waals surface area contributed by atoms with Gasteiger partial charge in [0.05, 0.1) is 22.1 Å². The lowest BCUT2D eigenvalue weighted by Gasteiger charge is -2.41. The van der Waals surface area contributed by atoms with Crippen LogP contribution in [0.5, 0.6) is 0 Å². The molecule has 0 bridgehead atoms. The van der Waals surface area contributed by atoms with Crippen LogP contribution in [-0.4, -0.2) is 17.2 Å². The Labute approximate surface area is 188 Å². The Morgan fingerprint density at radius 1 is 0.906 bits per heavy atom. The first-order valence-corrected chi connectivity index (χ1v) is 10.9. The third-order valence-corrected chi connectivity index (χ3v) is 7.03. The molecular weight excluding hydrogens is 397 g/mol. The second-order valence-corrected chi connectivity index (χ2v) is 9.53. The van der Waals surface area contributed by atoms with E-state index in [0.717, 1.165) is 33.3 Å². The van der Waals surface area contributed by atoms with Crippen molar-refractivity contribution in [3.05, 3.63) is 76.9 Å². The maximum atomic E-state index is 14.1. The number of hydrogen-bond donors (Lipinski definition) is 1. The average molecular weight is 426 g/mol. The number of aryl methyl sites for hydroxylation is 2. The van der Waals surface area contributed by atoms with E-state index in [1.54, 1.807) is 13.0 Å². The Hall–Kier alpha value is -3.40. The molecule has 32 heavy (non-hydrogen) atoms. The summed E-state index contributed by atoms with van der Waals surface area (Å²) in [6, 6.07) is 15.5. The number of aromatic nitrogens is 1. The lowest BCUT2D eigenvalue weighted by Crippen LogP contribution is -2.42. The summed E-state index contributed by atoms with van der Waals surface area (Å²) in [7, 11) is 4.22. The monoisotopic (exact) mass is 425 g/mol. The summed E-state index contributed by atoms with van der Waals surface area (Å²) in [6.07, 6.45) is 2.32. The fraction of sp³-hybridized carbons (Fsp3) is 0.250. The Morgan fingerprint density at radius 2 is 1.66 bits per heavy atom. The van der Waals surface area contributed by atoms with Crippen molar-refractivity contribution in [2.75, 3.05) is 11.9 Å². The van der Waals surface area contributed by atoms with Crippen LogP contribution in [0.3, 0.4) is 0 Å². The lowest BCUT2D eigenvalue weighted by molar-refractivity contribution is 0.598. The van der Waals surface area contributed by atoms with Crippen LogP contribution in [0.4, 0.5) is 10.1 Å². The van der Waals surface area contributed by atoms with E-state index in [1.165, 1.54) is 16.8 Å². The fourth-order valence-electron chi connectivity index (χ4n) is 5.21. The predicted octanol–water partition coefficient (Wildman–Crippen LogP) is 6.51. The molecule has 5 rings (SSSR count). The molecule has 2 aromatic rings. The van der Waals surface area contributed by atoms with Crippen LogP contribution >= 0.6 is 0 Å². The molecule has 2 aromatic carbocycles. The Bertz CT molecular complexity index is 1470. The number of anilines is 1. The van der Waals surface area contributed by atoms with Crippen LogP contribution < -0.4 is 10.3 Å². The van der Waals surface area contributed by atoms with E-state index < -0.39 is 0 Å². The van der Waals surface area contributed by atoms with Gasteiger partial charge >= 0.3 is 0 Å². The van der Waals surface area contributed by atoms with E-state index in [9.17, 15) is 4.39 Å². The zero-order chi connectivity index (χ0) is 22.9. The first-order chi connectivity index (χ1) is 15.1. The van der Waals surface area contributed by atoms with E-state index in [4.69, 9.17) is 5.41 Å². The number of pyridine rings is 1. The van der Waals surface area contributed by atoms with Gasteiger partial charge in [-0.15, -0.1) is 0 Å². The van der Waals surface area contributed by atoms with Gasteiger partial charge in [-0.1, -0.05) is 24.3 Å². The van der Waals surface area contributed by atoms with Crippen LogP contribution in [0.2, 0.25) is 0 Å². The summed E-state index contributed by atoms with van der Waals surface area (Å²) in [5.41, 5.74) is 9.47. The molecular formula is C28H28FN3. The molecule has 0 fully saturated rings. The minimum atomic E-state index is -0.197. The maximum absolute atomic E-state index is 14.1. The summed E-state index contributed by atoms with van der Waals surface area (Å²) in [5.74, 6) is -0.197. The van der Waals surface area contributed by atoms with Crippen molar-refractivity contribution in [1.29, 1.82) is 5.41 Å². The highest BCUT2D eigenvalue weighted by Gasteiger charge is 2.31. The predicted molar refractivity (Wildman–Crippen MR) is 132 cm³/mol. The largest absolute Gasteiger partial charge is 0.365 e. The number of allylic oxidation sites excluding steroid dienone is 1. The van der Waals surface area contributed by atoms with Gasteiger partial charge in [-0.2, -0.15) is 0 Å². The lowest BCUT2D eigenvalue weighted by atomic mass is 9.85. The first-order valence-electron chi connectivity index (χ1n) is 10.9. The van der Waals surface area contributed by atoms with Crippen molar-refractivity contribution < 1.29 is 4.39 Å². The summed E-state index contributed by atoms with van der Waals surface area (Å²) in [5, 5.41) is 9.85. The van der Waals surface area contributed by atoms with E-state index in [0.29, 0.717) is 10.9 Å². The second kappa shape index (κ2) is 6.80. The van der Waals surface area contributed by atoms with Gasteiger partial charge in [0.2, 0.25) is 0 Å². The third kappa shape index (κ3) is 2.82. The van der Waals surface area contributed by atoms with Crippen molar-refractivity contribution >= 4 is 22.2 Å². The number of hydrogen-bond acceptors (Lipinski definition) is 2. The molecule has 0 saturated carbocycles. The molecule has 0 unspecified atom stereocenters. The number of fused-ring (bicyclic) bond motifs is 4. The average Bonchev–Trinajstić information content (AvgIpc) is 2.74. The molecule has 0 spiro atoms. The molecule has 4 heteroatoms. The minimum absolute atomic E-state index is 0.0779. The maximum Gasteiger partial charge on any atom is 0.126 e. The van der Waals surface area contributed by atoms with Gasteiger partial charge in [-0.25, -0.2) is 4.39 Å². The van der Waals surface area contributed by atoms with Gasteiger partial charge in [0, 0.05) is 41.9 Å². The standard InChI is InChI=1S/C28H28FN3/c1-16-13-18(7-11-22(16)29)26-20-9-8-19(30)14-24(20)31(5)27-21(26)10-12-23-25(27)17(2)15-28(3,4)32(23)6/h7-15,30H,1-6H3. The minimum Gasteiger partial charge on any atom is -0.365 e. The number of rotatable bonds is 1. The topological polar surface area (TPSA) is 32.0 Å². The molecule has 0 aromatic heterocycles. The van der Waals surface area contributed by atoms with Crippen LogP contribution in [0.25, 0.3) is 38.9 Å². The van der Waals surface area contributed by atoms with Crippen LogP contribution in [0.15, 0.2) is 54.6 Å². The number of benzene rings is 3. The molecule has 1 aliphatic carbocycles. The second-order valence-electron chi connectivity index (χ2n) is 9.53. The molecule has 3 aliphatic rings. The van der Waals surface area contributed by atoms with E-state index >= 15 is 0 Å². The van der Waals surface area contributed by atoms with Crippen LogP contribution in [0, 0.1) is 18.2 Å². The molecule has 1 N–H and O–H groups in total. The molecule has 3 nitrogen and oxygen atoms in total. The van der Waals surface area contributed by atoms with Crippen LogP contribution in [-0.2, 0) is 7.05 Å². The van der Waals surface area contributed by atoms with Gasteiger partial charge in [-0.05, 0) is 74.7 Å². The SMILES string of the molecule is CC1=CC(C)(C)N(C)c2ccc3c(-c4ccc(F)c(C)c4)c4ccc(=N)cc-4n(C)c3c21. The zero-order valence-corrected chi connectivity index (χ0v) is 19.5. The van der Waals surface area contributed by atoms with Crippen molar-refractivity contribution in [1.82, 2.24) is 4.57 Å². The smallest absolute Gasteiger partial charge is 0.126 e. The van der Waals surface area contributed by atoms with Crippen molar-refractivity contribution in [2.45, 2.75) is 33.2 Å². The van der Waals surface area contributed by atoms with E-state index in [-0.39, 0.29) is 11.4 Å². The Kier molecular flexibility index (Phi) is 4.35. The van der Waals surface area contributed by atoms with Crippen molar-refractivity contribution in [2.24, 2.45) is 7.05 Å². The molecule has 162 valence electrons. The third-order valence-electron chi connectivity index (χ3n) is 7.03. The molecule has 0 amide bonds. The number of halogens is 1. The molecule has 0 radical (unpaired) electrons. The highest BCUT2D eigenvalue weighted by Crippen LogP contribution is 2.47. The zero-order valence-electron chi connectivity index (χ0n) is 19.5. The van der Waals surface area contributed by atoms with Crippen LogP contribution in [0.1, 0.15) is 31.9 Å². The first kappa shape index (κ1) is 20.5. The number of likely N-dealkylation sites (N-methyl/N-ethyl adjacent to an activating group) is 1. The summed E-state index contributed by atoms with van der Waals surface area (Å²) in [4.78, 5) is 2.32. The highest BCUT2D eigenvalue weighted by atomic mass is 19.1. The fourth-order valence-corrected chi connectivity index (χ4v) is 5.21. The van der Waals surface area contributed by atoms with Crippen molar-refractivity contribution in [3.8, 4) is 22.4 Å². The van der Waals surface area contributed by atoms with Gasteiger partial charge in [0.25, 0.3) is 0 Å². The Morgan fingerprint density at radius 3 is 2.38 bits per heavy atom. The number of nitrogens with zero attached hydrogens (tertiary/aromatic N) is 2. The quantitative estimate of drug-likeness (QED) is 0.346. The molecule has 2 aliphatic heterocycles. The summed E-state index contributed by atoms with van der Waals surface area (Å²) >= 11 is 0. The van der Waals surface area contributed by atoms with E-state index in [2.05, 4.69) is 62.5 Å². The van der Waals surface area contributed by atoms with Gasteiger partial charge in [0.1, 0.15) is 5.82 Å².